The van der Waals surface area contributed by atoms with Crippen LogP contribution in [0.1, 0.15) is 30.7 Å². The zero-order valence-corrected chi connectivity index (χ0v) is 14.5. The number of hydrogen-bond acceptors (Lipinski definition) is 7. The van der Waals surface area contributed by atoms with Gasteiger partial charge in [-0.2, -0.15) is 0 Å². The molecule has 0 saturated carbocycles. The molecule has 21 heavy (non-hydrogen) atoms. The van der Waals surface area contributed by atoms with Crippen LogP contribution in [0.15, 0.2) is 16.3 Å². The second-order valence-electron chi connectivity index (χ2n) is 4.74. The Balaban J connectivity index is 2.08. The summed E-state index contributed by atoms with van der Waals surface area (Å²) in [7, 11) is -3.59. The van der Waals surface area contributed by atoms with Crippen LogP contribution in [-0.4, -0.2) is 24.7 Å². The maximum absolute atomic E-state index is 12.3. The summed E-state index contributed by atoms with van der Waals surface area (Å²) in [5.74, 6) is 0. The maximum Gasteiger partial charge on any atom is 0.264 e. The van der Waals surface area contributed by atoms with Crippen LogP contribution in [0.5, 0.6) is 0 Å². The molecule has 0 unspecified atom stereocenters. The van der Waals surface area contributed by atoms with Gasteiger partial charge in [-0.1, -0.05) is 32.1 Å². The molecule has 0 spiro atoms. The molecule has 2 heterocycles. The van der Waals surface area contributed by atoms with Gasteiger partial charge in [0, 0.05) is 22.8 Å². The molecule has 0 aliphatic carbocycles. The van der Waals surface area contributed by atoms with Crippen molar-refractivity contribution in [2.45, 2.75) is 44.7 Å². The third-order valence-electron chi connectivity index (χ3n) is 2.62. The van der Waals surface area contributed by atoms with E-state index in [1.54, 1.807) is 11.4 Å². The quantitative estimate of drug-likeness (QED) is 0.804. The van der Waals surface area contributed by atoms with E-state index in [1.165, 1.54) is 22.7 Å². The maximum atomic E-state index is 12.3. The first-order valence-corrected chi connectivity index (χ1v) is 9.74. The van der Waals surface area contributed by atoms with E-state index in [-0.39, 0.29) is 4.90 Å². The van der Waals surface area contributed by atoms with E-state index in [0.717, 1.165) is 16.3 Å². The number of aryl methyl sites for hydroxylation is 1. The first kappa shape index (κ1) is 16.3. The minimum atomic E-state index is -3.59. The van der Waals surface area contributed by atoms with Crippen LogP contribution in [0.4, 0.5) is 5.13 Å². The van der Waals surface area contributed by atoms with Gasteiger partial charge in [0.15, 0.2) is 0 Å². The smallest absolute Gasteiger partial charge is 0.264 e. The van der Waals surface area contributed by atoms with Crippen molar-refractivity contribution < 1.29 is 8.42 Å². The Morgan fingerprint density at radius 2 is 2.10 bits per heavy atom. The Bertz CT molecular complexity index is 691. The number of thiophene rings is 1. The normalized spacial score (nSPS) is 12.0. The van der Waals surface area contributed by atoms with Gasteiger partial charge in [-0.25, -0.2) is 8.42 Å². The molecule has 0 fully saturated rings. The molecule has 0 saturated heterocycles. The molecule has 0 aliphatic heterocycles. The van der Waals surface area contributed by atoms with Gasteiger partial charge in [-0.3, -0.25) is 4.72 Å². The van der Waals surface area contributed by atoms with Gasteiger partial charge >= 0.3 is 0 Å². The second-order valence-corrected chi connectivity index (χ2v) is 8.48. The Labute approximate surface area is 132 Å². The minimum Gasteiger partial charge on any atom is -0.310 e. The van der Waals surface area contributed by atoms with Crippen LogP contribution in [-0.2, 0) is 23.0 Å². The number of hydrogen-bond donors (Lipinski definition) is 2. The number of sulfonamides is 1. The molecular weight excluding hydrogens is 328 g/mol. The van der Waals surface area contributed by atoms with Crippen molar-refractivity contribution in [1.82, 2.24) is 15.5 Å². The minimum absolute atomic E-state index is 0.265. The van der Waals surface area contributed by atoms with Gasteiger partial charge in [0.25, 0.3) is 10.0 Å². The first-order chi connectivity index (χ1) is 9.90. The van der Waals surface area contributed by atoms with Gasteiger partial charge < -0.3 is 5.32 Å². The highest BCUT2D eigenvalue weighted by Crippen LogP contribution is 2.23. The summed E-state index contributed by atoms with van der Waals surface area (Å²) in [6.45, 7) is 6.71. The highest BCUT2D eigenvalue weighted by atomic mass is 32.2. The van der Waals surface area contributed by atoms with Gasteiger partial charge in [0.05, 0.1) is 4.90 Å². The summed E-state index contributed by atoms with van der Waals surface area (Å²) in [6.07, 6.45) is 0.739. The van der Waals surface area contributed by atoms with Crippen LogP contribution in [0.3, 0.4) is 0 Å². The Hall–Kier alpha value is -1.03. The Kier molecular flexibility index (Phi) is 5.31. The zero-order chi connectivity index (χ0) is 15.5. The molecule has 2 aromatic heterocycles. The van der Waals surface area contributed by atoms with Crippen LogP contribution >= 0.6 is 22.7 Å². The number of nitrogens with one attached hydrogen (secondary N) is 2. The molecule has 0 radical (unpaired) electrons. The number of rotatable bonds is 7. The van der Waals surface area contributed by atoms with E-state index in [1.807, 2.05) is 20.8 Å². The van der Waals surface area contributed by atoms with Gasteiger partial charge in [0.2, 0.25) is 5.13 Å². The van der Waals surface area contributed by atoms with Crippen molar-refractivity contribution in [2.24, 2.45) is 0 Å². The fourth-order valence-electron chi connectivity index (χ4n) is 1.51. The molecule has 0 aromatic carbocycles. The van der Waals surface area contributed by atoms with E-state index in [2.05, 4.69) is 20.2 Å². The lowest BCUT2D eigenvalue weighted by Gasteiger charge is -2.05. The predicted molar refractivity (Wildman–Crippen MR) is 86.4 cm³/mol. The Morgan fingerprint density at radius 3 is 2.71 bits per heavy atom. The molecular formula is C12H18N4O2S3. The van der Waals surface area contributed by atoms with Crippen molar-refractivity contribution in [1.29, 1.82) is 0 Å². The highest BCUT2D eigenvalue weighted by molar-refractivity contribution is 7.93. The van der Waals surface area contributed by atoms with Gasteiger partial charge in [-0.15, -0.1) is 21.5 Å². The van der Waals surface area contributed by atoms with Crippen molar-refractivity contribution in [3.63, 3.8) is 0 Å². The summed E-state index contributed by atoms with van der Waals surface area (Å²) in [5.41, 5.74) is 0. The predicted octanol–water partition coefficient (Wildman–Crippen LogP) is 2.46. The molecule has 0 atom stereocenters. The van der Waals surface area contributed by atoms with Crippen molar-refractivity contribution in [3.05, 3.63) is 21.3 Å². The average molecular weight is 347 g/mol. The van der Waals surface area contributed by atoms with Crippen LogP contribution in [0.25, 0.3) is 0 Å². The zero-order valence-electron chi connectivity index (χ0n) is 12.1. The molecule has 0 aliphatic rings. The average Bonchev–Trinajstić information content (AvgIpc) is 3.04. The van der Waals surface area contributed by atoms with Crippen molar-refractivity contribution in [3.8, 4) is 0 Å². The number of aromatic nitrogens is 2. The van der Waals surface area contributed by atoms with E-state index < -0.39 is 10.0 Å². The van der Waals surface area contributed by atoms with Crippen molar-refractivity contribution in [2.75, 3.05) is 4.72 Å². The lowest BCUT2D eigenvalue weighted by molar-refractivity contribution is 0.592. The van der Waals surface area contributed by atoms with E-state index in [0.29, 0.717) is 17.7 Å². The third kappa shape index (κ3) is 4.47. The molecule has 6 nitrogen and oxygen atoms in total. The molecule has 2 aromatic rings. The van der Waals surface area contributed by atoms with Crippen molar-refractivity contribution >= 4 is 37.8 Å². The van der Waals surface area contributed by atoms with E-state index in [9.17, 15) is 8.42 Å². The molecule has 9 heteroatoms. The van der Waals surface area contributed by atoms with Crippen LogP contribution in [0.2, 0.25) is 0 Å². The third-order valence-corrected chi connectivity index (χ3v) is 6.13. The Morgan fingerprint density at radius 1 is 1.33 bits per heavy atom. The summed E-state index contributed by atoms with van der Waals surface area (Å²) >= 11 is 2.68. The molecule has 0 amide bonds. The second kappa shape index (κ2) is 6.82. The standard InChI is InChI=1S/C12H18N4O2S3/c1-4-11-14-15-12(20-11)16-21(17,18)10-5-9(19-7-10)6-13-8(2)3/h5,7-8,13H,4,6H2,1-3H3,(H,15,16). The monoisotopic (exact) mass is 346 g/mol. The van der Waals surface area contributed by atoms with Crippen LogP contribution < -0.4 is 10.0 Å². The highest BCUT2D eigenvalue weighted by Gasteiger charge is 2.18. The molecule has 0 bridgehead atoms. The lowest BCUT2D eigenvalue weighted by atomic mass is 10.4. The SMILES string of the molecule is CCc1nnc(NS(=O)(=O)c2csc(CNC(C)C)c2)s1. The van der Waals surface area contributed by atoms with Crippen LogP contribution in [0, 0.1) is 0 Å². The fraction of sp³-hybridized carbons (Fsp3) is 0.500. The summed E-state index contributed by atoms with van der Waals surface area (Å²) in [6, 6.07) is 2.04. The van der Waals surface area contributed by atoms with E-state index in [4.69, 9.17) is 0 Å². The fourth-order valence-corrected chi connectivity index (χ4v) is 4.65. The number of nitrogens with zero attached hydrogens (tertiary/aromatic N) is 2. The number of anilines is 1. The lowest BCUT2D eigenvalue weighted by Crippen LogP contribution is -2.21. The summed E-state index contributed by atoms with van der Waals surface area (Å²) < 4.78 is 27.0. The molecule has 2 rings (SSSR count). The summed E-state index contributed by atoms with van der Waals surface area (Å²) in [4.78, 5) is 1.25. The molecule has 116 valence electrons. The first-order valence-electron chi connectivity index (χ1n) is 6.56. The summed E-state index contributed by atoms with van der Waals surface area (Å²) in [5, 5.41) is 13.7. The van der Waals surface area contributed by atoms with Gasteiger partial charge in [-0.05, 0) is 12.5 Å². The molecule has 2 N–H and O–H groups in total. The topological polar surface area (TPSA) is 84.0 Å². The van der Waals surface area contributed by atoms with Gasteiger partial charge in [0.1, 0.15) is 5.01 Å². The van der Waals surface area contributed by atoms with E-state index >= 15 is 0 Å². The largest absolute Gasteiger partial charge is 0.310 e.